The van der Waals surface area contributed by atoms with Crippen molar-refractivity contribution >= 4 is 5.97 Å². The van der Waals surface area contributed by atoms with E-state index in [1.165, 1.54) is 7.11 Å². The van der Waals surface area contributed by atoms with E-state index >= 15 is 0 Å². The van der Waals surface area contributed by atoms with Gasteiger partial charge in [-0.15, -0.1) is 0 Å². The molecule has 0 saturated carbocycles. The van der Waals surface area contributed by atoms with Crippen LogP contribution in [0.5, 0.6) is 0 Å². The molecule has 0 bridgehead atoms. The van der Waals surface area contributed by atoms with Crippen molar-refractivity contribution in [3.63, 3.8) is 0 Å². The summed E-state index contributed by atoms with van der Waals surface area (Å²) in [6.45, 7) is 2.02. The molecule has 0 N–H and O–H groups in total. The molecule has 3 aromatic rings. The van der Waals surface area contributed by atoms with Crippen LogP contribution in [0.2, 0.25) is 0 Å². The van der Waals surface area contributed by atoms with Gasteiger partial charge >= 0.3 is 5.97 Å². The zero-order valence-corrected chi connectivity index (χ0v) is 15.0. The van der Waals surface area contributed by atoms with Crippen molar-refractivity contribution in [1.29, 1.82) is 0 Å². The number of carbonyl (C=O) groups is 1. The van der Waals surface area contributed by atoms with Crippen LogP contribution in [0.4, 0.5) is 0 Å². The summed E-state index contributed by atoms with van der Waals surface area (Å²) in [6.07, 6.45) is 3.00. The number of rotatable bonds is 5. The van der Waals surface area contributed by atoms with E-state index in [1.807, 2.05) is 49.4 Å². The predicted molar refractivity (Wildman–Crippen MR) is 98.8 cm³/mol. The minimum Gasteiger partial charge on any atom is -0.465 e. The van der Waals surface area contributed by atoms with Crippen molar-refractivity contribution in [3.8, 4) is 11.1 Å². The number of ether oxygens (including phenoxy) is 2. The third kappa shape index (κ3) is 3.48. The van der Waals surface area contributed by atoms with Crippen LogP contribution < -0.4 is 0 Å². The first-order valence-electron chi connectivity index (χ1n) is 8.23. The van der Waals surface area contributed by atoms with Crippen molar-refractivity contribution in [1.82, 2.24) is 10.2 Å². The molecule has 1 heterocycles. The van der Waals surface area contributed by atoms with Gasteiger partial charge < -0.3 is 9.47 Å². The lowest BCUT2D eigenvalue weighted by molar-refractivity contribution is 0.0601. The predicted octanol–water partition coefficient (Wildman–Crippen LogP) is 3.97. The van der Waals surface area contributed by atoms with Gasteiger partial charge in [0.25, 0.3) is 0 Å². The molecule has 132 valence electrons. The molecular weight excluding hydrogens is 328 g/mol. The normalized spacial score (nSPS) is 11.8. The molecule has 5 nitrogen and oxygen atoms in total. The Balaban J connectivity index is 2.16. The maximum Gasteiger partial charge on any atom is 0.338 e. The first-order chi connectivity index (χ1) is 12.7. The average Bonchev–Trinajstić information content (AvgIpc) is 2.69. The highest BCUT2D eigenvalue weighted by Gasteiger charge is 2.20. The molecule has 1 aromatic heterocycles. The van der Waals surface area contributed by atoms with Crippen molar-refractivity contribution in [2.45, 2.75) is 13.0 Å². The highest BCUT2D eigenvalue weighted by atomic mass is 16.5. The Hall–Kier alpha value is -3.05. The molecule has 0 aliphatic heterocycles. The van der Waals surface area contributed by atoms with Gasteiger partial charge in [-0.3, -0.25) is 0 Å². The van der Waals surface area contributed by atoms with Gasteiger partial charge in [0.15, 0.2) is 0 Å². The minimum absolute atomic E-state index is 0.306. The van der Waals surface area contributed by atoms with Gasteiger partial charge in [-0.25, -0.2) is 4.79 Å². The van der Waals surface area contributed by atoms with Crippen LogP contribution in [0.1, 0.15) is 33.2 Å². The number of benzene rings is 2. The monoisotopic (exact) mass is 348 g/mol. The number of carbonyl (C=O) groups excluding carboxylic acids is 1. The molecule has 3 rings (SSSR count). The zero-order chi connectivity index (χ0) is 18.5. The molecule has 5 heteroatoms. The van der Waals surface area contributed by atoms with Crippen LogP contribution in [0, 0.1) is 6.92 Å². The summed E-state index contributed by atoms with van der Waals surface area (Å²) < 4.78 is 10.6. The summed E-state index contributed by atoms with van der Waals surface area (Å²) in [5, 5.41) is 7.74. The number of esters is 1. The van der Waals surface area contributed by atoms with Crippen LogP contribution in [-0.2, 0) is 9.47 Å². The molecule has 0 amide bonds. The lowest BCUT2D eigenvalue weighted by Gasteiger charge is -2.19. The van der Waals surface area contributed by atoms with Crippen LogP contribution in [0.25, 0.3) is 11.1 Å². The SMILES string of the molecule is COC(=O)c1ccc(C(OC)c2ccnnc2)cc1-c1ccccc1C. The third-order valence-corrected chi connectivity index (χ3v) is 4.33. The van der Waals surface area contributed by atoms with E-state index in [0.29, 0.717) is 5.56 Å². The van der Waals surface area contributed by atoms with Crippen LogP contribution in [-0.4, -0.2) is 30.4 Å². The van der Waals surface area contributed by atoms with E-state index in [2.05, 4.69) is 10.2 Å². The van der Waals surface area contributed by atoms with Crippen LogP contribution in [0.3, 0.4) is 0 Å². The standard InChI is InChI=1S/C21H20N2O3/c1-14-6-4-5-7-17(14)19-12-15(8-9-18(19)21(24)26-3)20(25-2)16-10-11-22-23-13-16/h4-13,20H,1-3H3. The second-order valence-corrected chi connectivity index (χ2v) is 5.90. The number of hydrogen-bond donors (Lipinski definition) is 0. The van der Waals surface area contributed by atoms with E-state index in [9.17, 15) is 4.79 Å². The summed E-state index contributed by atoms with van der Waals surface area (Å²) in [7, 11) is 3.03. The van der Waals surface area contributed by atoms with Crippen LogP contribution >= 0.6 is 0 Å². The zero-order valence-electron chi connectivity index (χ0n) is 15.0. The Bertz CT molecular complexity index is 910. The molecule has 0 aliphatic carbocycles. The number of nitrogens with zero attached hydrogens (tertiary/aromatic N) is 2. The number of aromatic nitrogens is 2. The van der Waals surface area contributed by atoms with Gasteiger partial charge in [0.1, 0.15) is 6.10 Å². The van der Waals surface area contributed by atoms with Crippen molar-refractivity contribution in [2.75, 3.05) is 14.2 Å². The third-order valence-electron chi connectivity index (χ3n) is 4.33. The van der Waals surface area contributed by atoms with Gasteiger partial charge in [0, 0.05) is 18.9 Å². The molecule has 1 unspecified atom stereocenters. The molecule has 1 atom stereocenters. The second-order valence-electron chi connectivity index (χ2n) is 5.90. The molecule has 0 radical (unpaired) electrons. The summed E-state index contributed by atoms with van der Waals surface area (Å²) in [4.78, 5) is 12.3. The molecule has 0 spiro atoms. The number of aryl methyl sites for hydroxylation is 1. The van der Waals surface area contributed by atoms with E-state index in [0.717, 1.165) is 27.8 Å². The maximum atomic E-state index is 12.3. The van der Waals surface area contributed by atoms with Crippen molar-refractivity contribution in [2.24, 2.45) is 0 Å². The fourth-order valence-electron chi connectivity index (χ4n) is 3.03. The van der Waals surface area contributed by atoms with E-state index in [1.54, 1.807) is 25.6 Å². The Morgan fingerprint density at radius 2 is 1.77 bits per heavy atom. The minimum atomic E-state index is -0.366. The second kappa shape index (κ2) is 7.89. The lowest BCUT2D eigenvalue weighted by atomic mass is 9.91. The van der Waals surface area contributed by atoms with Gasteiger partial charge in [-0.2, -0.15) is 10.2 Å². The first-order valence-corrected chi connectivity index (χ1v) is 8.23. The van der Waals surface area contributed by atoms with E-state index < -0.39 is 0 Å². The van der Waals surface area contributed by atoms with Gasteiger partial charge in [0.2, 0.25) is 0 Å². The summed E-state index contributed by atoms with van der Waals surface area (Å²) in [5.41, 5.74) is 5.21. The molecule has 0 saturated heterocycles. The first kappa shape index (κ1) is 17.8. The molecule has 26 heavy (non-hydrogen) atoms. The number of hydrogen-bond acceptors (Lipinski definition) is 5. The Kier molecular flexibility index (Phi) is 5.39. The van der Waals surface area contributed by atoms with Crippen LogP contribution in [0.15, 0.2) is 60.9 Å². The van der Waals surface area contributed by atoms with Gasteiger partial charge in [-0.05, 0) is 47.4 Å². The van der Waals surface area contributed by atoms with Gasteiger partial charge in [0.05, 0.1) is 18.9 Å². The summed E-state index contributed by atoms with van der Waals surface area (Å²) in [6, 6.07) is 15.4. The highest BCUT2D eigenvalue weighted by molar-refractivity contribution is 5.97. The molecular formula is C21H20N2O3. The molecule has 0 aliphatic rings. The highest BCUT2D eigenvalue weighted by Crippen LogP contribution is 2.33. The van der Waals surface area contributed by atoms with Crippen molar-refractivity contribution < 1.29 is 14.3 Å². The topological polar surface area (TPSA) is 61.3 Å². The molecule has 0 fully saturated rings. The average molecular weight is 348 g/mol. The van der Waals surface area contributed by atoms with E-state index in [4.69, 9.17) is 9.47 Å². The largest absolute Gasteiger partial charge is 0.465 e. The molecule has 2 aromatic carbocycles. The van der Waals surface area contributed by atoms with Gasteiger partial charge in [-0.1, -0.05) is 30.3 Å². The Morgan fingerprint density at radius 1 is 0.962 bits per heavy atom. The smallest absolute Gasteiger partial charge is 0.338 e. The summed E-state index contributed by atoms with van der Waals surface area (Å²) >= 11 is 0. The summed E-state index contributed by atoms with van der Waals surface area (Å²) in [5.74, 6) is -0.366. The van der Waals surface area contributed by atoms with Crippen molar-refractivity contribution in [3.05, 3.63) is 83.2 Å². The fraction of sp³-hybridized carbons (Fsp3) is 0.190. The lowest BCUT2D eigenvalue weighted by Crippen LogP contribution is -2.08. The fourth-order valence-corrected chi connectivity index (χ4v) is 3.03. The maximum absolute atomic E-state index is 12.3. The Morgan fingerprint density at radius 3 is 2.42 bits per heavy atom. The number of methoxy groups -OCH3 is 2. The van der Waals surface area contributed by atoms with E-state index in [-0.39, 0.29) is 12.1 Å². The Labute approximate surface area is 152 Å². The quantitative estimate of drug-likeness (QED) is 0.653.